The monoisotopic (exact) mass is 353 g/mol. The molecule has 2 N–H and O–H groups in total. The Bertz CT molecular complexity index is 694. The molecule has 1 heterocycles. The lowest BCUT2D eigenvalue weighted by atomic mass is 9.90. The zero-order valence-corrected chi connectivity index (χ0v) is 15.6. The molecule has 0 unspecified atom stereocenters. The van der Waals surface area contributed by atoms with E-state index in [2.05, 4.69) is 41.7 Å². The summed E-state index contributed by atoms with van der Waals surface area (Å²) in [5, 5.41) is 2.07. The number of benzene rings is 2. The van der Waals surface area contributed by atoms with Gasteiger partial charge in [0.15, 0.2) is 6.54 Å². The van der Waals surface area contributed by atoms with Crippen molar-refractivity contribution in [2.45, 2.75) is 25.8 Å². The van der Waals surface area contributed by atoms with Gasteiger partial charge in [-0.3, -0.25) is 4.79 Å². The molecule has 138 valence electrons. The first-order valence-corrected chi connectivity index (χ1v) is 9.51. The fourth-order valence-corrected chi connectivity index (χ4v) is 3.69. The minimum absolute atomic E-state index is 0.248. The lowest BCUT2D eigenvalue weighted by Crippen LogP contribution is -2.85. The normalized spacial score (nSPS) is 15.0. The molecule has 0 saturated carbocycles. The molecule has 0 radical (unpaired) electrons. The van der Waals surface area contributed by atoms with Gasteiger partial charge in [0.2, 0.25) is 0 Å². The van der Waals surface area contributed by atoms with Crippen LogP contribution in [0.2, 0.25) is 0 Å². The Morgan fingerprint density at radius 3 is 2.50 bits per heavy atom. The highest BCUT2D eigenvalue weighted by atomic mass is 16.5. The van der Waals surface area contributed by atoms with Crippen molar-refractivity contribution in [1.29, 1.82) is 0 Å². The van der Waals surface area contributed by atoms with E-state index in [1.54, 1.807) is 7.11 Å². The van der Waals surface area contributed by atoms with Crippen molar-refractivity contribution in [3.05, 3.63) is 65.7 Å². The van der Waals surface area contributed by atoms with Crippen molar-refractivity contribution in [2.75, 3.05) is 26.7 Å². The standard InChI is InChI=1S/C22H28N2O2/c1-26-21-10-6-5-9-20(21)16-23-17-22(25)24-13-11-19(12-14-24)15-18-7-3-2-4-8-18/h2-10,19,23H,11-17H2,1H3/p+1. The summed E-state index contributed by atoms with van der Waals surface area (Å²) in [5.74, 6) is 1.83. The van der Waals surface area contributed by atoms with E-state index < -0.39 is 0 Å². The number of carbonyl (C=O) groups excluding carboxylic acids is 1. The largest absolute Gasteiger partial charge is 0.496 e. The van der Waals surface area contributed by atoms with E-state index in [0.717, 1.165) is 50.2 Å². The van der Waals surface area contributed by atoms with E-state index in [1.807, 2.05) is 23.1 Å². The first-order chi connectivity index (χ1) is 12.8. The number of likely N-dealkylation sites (tertiary alicyclic amines) is 1. The highest BCUT2D eigenvalue weighted by molar-refractivity contribution is 5.77. The topological polar surface area (TPSA) is 46.1 Å². The molecule has 4 heteroatoms. The SMILES string of the molecule is COc1ccccc1C[NH2+]CC(=O)N1CCC(Cc2ccccc2)CC1. The van der Waals surface area contributed by atoms with Gasteiger partial charge in [0.05, 0.1) is 7.11 Å². The number of hydrogen-bond acceptors (Lipinski definition) is 2. The summed E-state index contributed by atoms with van der Waals surface area (Å²) >= 11 is 0. The van der Waals surface area contributed by atoms with Crippen LogP contribution in [-0.4, -0.2) is 37.6 Å². The quantitative estimate of drug-likeness (QED) is 0.830. The van der Waals surface area contributed by atoms with E-state index in [4.69, 9.17) is 4.74 Å². The van der Waals surface area contributed by atoms with Gasteiger partial charge >= 0.3 is 0 Å². The number of quaternary nitrogens is 1. The second kappa shape index (κ2) is 9.39. The van der Waals surface area contributed by atoms with Gasteiger partial charge < -0.3 is 15.0 Å². The molecule has 4 nitrogen and oxygen atoms in total. The van der Waals surface area contributed by atoms with Crippen LogP contribution in [-0.2, 0) is 17.8 Å². The smallest absolute Gasteiger partial charge is 0.277 e. The fourth-order valence-electron chi connectivity index (χ4n) is 3.69. The van der Waals surface area contributed by atoms with Crippen molar-refractivity contribution < 1.29 is 14.8 Å². The van der Waals surface area contributed by atoms with Crippen molar-refractivity contribution >= 4 is 5.91 Å². The highest BCUT2D eigenvalue weighted by Gasteiger charge is 2.23. The van der Waals surface area contributed by atoms with Crippen LogP contribution in [0.3, 0.4) is 0 Å². The molecule has 0 aliphatic carbocycles. The first kappa shape index (κ1) is 18.5. The first-order valence-electron chi connectivity index (χ1n) is 9.51. The molecule has 1 aliphatic heterocycles. The molecule has 2 aromatic rings. The Labute approximate surface area is 156 Å². The summed E-state index contributed by atoms with van der Waals surface area (Å²) in [4.78, 5) is 14.5. The second-order valence-electron chi connectivity index (χ2n) is 7.02. The molecule has 0 bridgehead atoms. The van der Waals surface area contributed by atoms with Crippen LogP contribution in [0, 0.1) is 5.92 Å². The molecule has 3 rings (SSSR count). The summed E-state index contributed by atoms with van der Waals surface area (Å²) in [6.07, 6.45) is 3.34. The molecule has 26 heavy (non-hydrogen) atoms. The third kappa shape index (κ3) is 5.09. The van der Waals surface area contributed by atoms with Gasteiger partial charge in [-0.15, -0.1) is 0 Å². The third-order valence-corrected chi connectivity index (χ3v) is 5.21. The van der Waals surface area contributed by atoms with Crippen molar-refractivity contribution in [3.8, 4) is 5.75 Å². The van der Waals surface area contributed by atoms with Crippen LogP contribution in [0.25, 0.3) is 0 Å². The predicted molar refractivity (Wildman–Crippen MR) is 103 cm³/mol. The van der Waals surface area contributed by atoms with Gasteiger partial charge in [-0.1, -0.05) is 42.5 Å². The van der Waals surface area contributed by atoms with E-state index >= 15 is 0 Å². The number of carbonyl (C=O) groups is 1. The number of piperidine rings is 1. The number of hydrogen-bond donors (Lipinski definition) is 1. The molecule has 0 aromatic heterocycles. The van der Waals surface area contributed by atoms with E-state index in [9.17, 15) is 4.79 Å². The van der Waals surface area contributed by atoms with E-state index in [0.29, 0.717) is 12.5 Å². The Hall–Kier alpha value is -2.33. The number of nitrogens with zero attached hydrogens (tertiary/aromatic N) is 1. The average Bonchev–Trinajstić information content (AvgIpc) is 2.69. The molecule has 1 fully saturated rings. The maximum absolute atomic E-state index is 12.5. The lowest BCUT2D eigenvalue weighted by molar-refractivity contribution is -0.660. The van der Waals surface area contributed by atoms with Crippen LogP contribution >= 0.6 is 0 Å². The third-order valence-electron chi connectivity index (χ3n) is 5.21. The zero-order chi connectivity index (χ0) is 18.2. The van der Waals surface area contributed by atoms with Crippen LogP contribution in [0.15, 0.2) is 54.6 Å². The summed E-state index contributed by atoms with van der Waals surface area (Å²) in [7, 11) is 1.68. The summed E-state index contributed by atoms with van der Waals surface area (Å²) < 4.78 is 5.36. The minimum Gasteiger partial charge on any atom is -0.496 e. The van der Waals surface area contributed by atoms with Gasteiger partial charge in [-0.05, 0) is 42.9 Å². The molecule has 0 atom stereocenters. The summed E-state index contributed by atoms with van der Waals surface area (Å²) in [5.41, 5.74) is 2.53. The van der Waals surface area contributed by atoms with Crippen LogP contribution in [0.4, 0.5) is 0 Å². The zero-order valence-electron chi connectivity index (χ0n) is 15.6. The maximum Gasteiger partial charge on any atom is 0.277 e. The summed E-state index contributed by atoms with van der Waals surface area (Å²) in [6, 6.07) is 18.6. The number of ether oxygens (including phenoxy) is 1. The molecule has 1 aliphatic rings. The highest BCUT2D eigenvalue weighted by Crippen LogP contribution is 2.21. The Balaban J connectivity index is 1.39. The van der Waals surface area contributed by atoms with Gasteiger partial charge in [-0.25, -0.2) is 0 Å². The average molecular weight is 353 g/mol. The van der Waals surface area contributed by atoms with Gasteiger partial charge in [0.1, 0.15) is 12.3 Å². The number of rotatable bonds is 7. The van der Waals surface area contributed by atoms with Crippen molar-refractivity contribution in [3.63, 3.8) is 0 Å². The summed E-state index contributed by atoms with van der Waals surface area (Å²) in [6.45, 7) is 3.04. The Morgan fingerprint density at radius 1 is 1.08 bits per heavy atom. The van der Waals surface area contributed by atoms with Gasteiger partial charge in [0, 0.05) is 18.7 Å². The molecular formula is C22H29N2O2+. The molecular weight excluding hydrogens is 324 g/mol. The number of amides is 1. The van der Waals surface area contributed by atoms with Crippen molar-refractivity contribution in [2.24, 2.45) is 5.92 Å². The van der Waals surface area contributed by atoms with Crippen LogP contribution < -0.4 is 10.1 Å². The fraction of sp³-hybridized carbons (Fsp3) is 0.409. The molecule has 1 amide bonds. The molecule has 0 spiro atoms. The van der Waals surface area contributed by atoms with Crippen molar-refractivity contribution in [1.82, 2.24) is 4.90 Å². The van der Waals surface area contributed by atoms with Gasteiger partial charge in [0.25, 0.3) is 5.91 Å². The van der Waals surface area contributed by atoms with Gasteiger partial charge in [-0.2, -0.15) is 0 Å². The number of methoxy groups -OCH3 is 1. The molecule has 1 saturated heterocycles. The minimum atomic E-state index is 0.248. The Kier molecular flexibility index (Phi) is 6.67. The number of para-hydroxylation sites is 1. The molecule has 2 aromatic carbocycles. The second-order valence-corrected chi connectivity index (χ2v) is 7.02. The predicted octanol–water partition coefficient (Wildman–Crippen LogP) is 2.24. The Morgan fingerprint density at radius 2 is 1.77 bits per heavy atom. The van der Waals surface area contributed by atoms with E-state index in [1.165, 1.54) is 5.56 Å². The number of nitrogens with two attached hydrogens (primary N) is 1. The van der Waals surface area contributed by atoms with Crippen LogP contribution in [0.1, 0.15) is 24.0 Å². The lowest BCUT2D eigenvalue weighted by Gasteiger charge is -2.31. The van der Waals surface area contributed by atoms with Crippen LogP contribution in [0.5, 0.6) is 5.75 Å². The van der Waals surface area contributed by atoms with E-state index in [-0.39, 0.29) is 5.91 Å². The maximum atomic E-state index is 12.5.